The van der Waals surface area contributed by atoms with Crippen LogP contribution in [0, 0.1) is 0 Å². The molecule has 3 aliphatic heterocycles. The van der Waals surface area contributed by atoms with Gasteiger partial charge in [0.05, 0.1) is 0 Å². The zero-order valence-electron chi connectivity index (χ0n) is 22.9. The lowest BCUT2D eigenvalue weighted by Gasteiger charge is -2.49. The Morgan fingerprint density at radius 2 is 2.07 bits per heavy atom. The quantitative estimate of drug-likeness (QED) is 0.0779. The summed E-state index contributed by atoms with van der Waals surface area (Å²) in [6, 6.07) is -1.09. The Morgan fingerprint density at radius 1 is 1.35 bits per heavy atom. The third-order valence-electron chi connectivity index (χ3n) is 6.27. The van der Waals surface area contributed by atoms with Gasteiger partial charge in [-0.05, 0) is 25.5 Å². The number of fused-ring (bicyclic) bond motifs is 1. The van der Waals surface area contributed by atoms with Crippen LogP contribution in [0.25, 0.3) is 0 Å². The second-order valence-corrected chi connectivity index (χ2v) is 12.7. The number of thioether (sulfide) groups is 2. The highest BCUT2D eigenvalue weighted by Crippen LogP contribution is 2.41. The van der Waals surface area contributed by atoms with Gasteiger partial charge in [0, 0.05) is 23.4 Å². The molecule has 0 saturated carbocycles. The molecule has 3 aliphatic rings. The van der Waals surface area contributed by atoms with Gasteiger partial charge in [0.1, 0.15) is 34.8 Å². The van der Waals surface area contributed by atoms with Crippen LogP contribution in [0.2, 0.25) is 0 Å². The van der Waals surface area contributed by atoms with Crippen molar-refractivity contribution in [2.45, 2.75) is 37.0 Å². The average Bonchev–Trinajstić information content (AvgIpc) is 3.36. The molecule has 4 heterocycles. The number of nitrogens with one attached hydrogen (secondary N) is 1. The first-order chi connectivity index (χ1) is 20.2. The molecule has 0 aliphatic carbocycles. The maximum absolute atomic E-state index is 13.3. The topological polar surface area (TPSA) is 252 Å². The molecule has 43 heavy (non-hydrogen) atoms. The Hall–Kier alpha value is -4.07. The minimum absolute atomic E-state index is 0.0119. The van der Waals surface area contributed by atoms with Gasteiger partial charge < -0.3 is 42.5 Å². The molecule has 3 atom stereocenters. The Bertz CT molecular complexity index is 1490. The third kappa shape index (κ3) is 6.63. The molecule has 2 unspecified atom stereocenters. The van der Waals surface area contributed by atoms with Crippen LogP contribution in [0.1, 0.15) is 19.5 Å². The van der Waals surface area contributed by atoms with E-state index in [9.17, 15) is 29.4 Å². The Kier molecular flexibility index (Phi) is 9.38. The largest absolute Gasteiger partial charge is 0.478 e. The minimum atomic E-state index is -1.77. The first-order valence-corrected chi connectivity index (χ1v) is 15.4. The smallest absolute Gasteiger partial charge is 0.352 e. The molecule has 0 aromatic carbocycles. The van der Waals surface area contributed by atoms with Crippen molar-refractivity contribution in [1.29, 1.82) is 0 Å². The van der Waals surface area contributed by atoms with Gasteiger partial charge >= 0.3 is 11.9 Å². The highest BCUT2D eigenvalue weighted by Gasteiger charge is 2.54. The van der Waals surface area contributed by atoms with Gasteiger partial charge in [-0.3, -0.25) is 14.5 Å². The minimum Gasteiger partial charge on any atom is -0.478 e. The van der Waals surface area contributed by atoms with E-state index in [4.69, 9.17) is 22.0 Å². The maximum Gasteiger partial charge on any atom is 0.352 e. The second-order valence-electron chi connectivity index (χ2n) is 9.74. The van der Waals surface area contributed by atoms with Gasteiger partial charge in [-0.15, -0.1) is 29.7 Å². The number of carbonyl (C=O) groups is 4. The zero-order chi connectivity index (χ0) is 31.6. The molecular formula is C24H29N9O7S3. The fourth-order valence-corrected chi connectivity index (χ4v) is 7.11. The van der Waals surface area contributed by atoms with Gasteiger partial charge in [-0.2, -0.15) is 0 Å². The summed E-state index contributed by atoms with van der Waals surface area (Å²) >= 11 is 3.52. The molecular weight excluding hydrogens is 623 g/mol. The molecule has 0 spiro atoms. The summed E-state index contributed by atoms with van der Waals surface area (Å²) in [5.41, 5.74) is 15.8. The summed E-state index contributed by atoms with van der Waals surface area (Å²) in [6.45, 7) is 6.59. The first-order valence-electron chi connectivity index (χ1n) is 12.5. The summed E-state index contributed by atoms with van der Waals surface area (Å²) in [5, 5.41) is 27.0. The van der Waals surface area contributed by atoms with E-state index in [0.29, 0.717) is 17.3 Å². The number of hydrogen-bond acceptors (Lipinski definition) is 15. The number of nitrogens with zero attached hydrogens (tertiary/aromatic N) is 5. The van der Waals surface area contributed by atoms with Crippen LogP contribution in [0.5, 0.6) is 0 Å². The van der Waals surface area contributed by atoms with E-state index in [1.165, 1.54) is 42.8 Å². The summed E-state index contributed by atoms with van der Waals surface area (Å²) in [4.78, 5) is 66.5. The predicted molar refractivity (Wildman–Crippen MR) is 163 cm³/mol. The number of thiazole rings is 1. The van der Waals surface area contributed by atoms with Crippen LogP contribution >= 0.6 is 34.9 Å². The van der Waals surface area contributed by atoms with Crippen molar-refractivity contribution in [2.75, 3.05) is 23.8 Å². The fraction of sp³-hybridized carbons (Fsp3) is 0.375. The number of β-lactam (4-membered cyclic amide) rings is 1. The van der Waals surface area contributed by atoms with E-state index in [-0.39, 0.29) is 33.8 Å². The number of amides is 2. The normalized spacial score (nSPS) is 22.3. The lowest BCUT2D eigenvalue weighted by Crippen LogP contribution is -2.71. The summed E-state index contributed by atoms with van der Waals surface area (Å²) in [5.74, 6) is -3.48. The molecule has 2 amide bonds. The van der Waals surface area contributed by atoms with Gasteiger partial charge in [-0.1, -0.05) is 23.0 Å². The maximum atomic E-state index is 13.3. The van der Waals surface area contributed by atoms with Crippen LogP contribution in [0.15, 0.2) is 51.4 Å². The first kappa shape index (κ1) is 31.9. The lowest BCUT2D eigenvalue weighted by atomic mass is 10.0. The molecule has 230 valence electrons. The molecule has 19 heteroatoms. The Balaban J connectivity index is 1.52. The fourth-order valence-electron chi connectivity index (χ4n) is 4.01. The number of aromatic nitrogens is 1. The van der Waals surface area contributed by atoms with Crippen molar-refractivity contribution in [3.8, 4) is 0 Å². The van der Waals surface area contributed by atoms with Gasteiger partial charge in [0.25, 0.3) is 11.8 Å². The summed E-state index contributed by atoms with van der Waals surface area (Å²) in [7, 11) is 0. The number of aliphatic carboxylic acids is 2. The molecule has 4 rings (SSSR count). The van der Waals surface area contributed by atoms with E-state index in [1.807, 2.05) is 0 Å². The Morgan fingerprint density at radius 3 is 2.67 bits per heavy atom. The van der Waals surface area contributed by atoms with Crippen molar-refractivity contribution >= 4 is 74.6 Å². The number of carboxylic acid groups (broad SMARTS) is 2. The monoisotopic (exact) mass is 651 g/mol. The van der Waals surface area contributed by atoms with Gasteiger partial charge in [0.15, 0.2) is 16.0 Å². The van der Waals surface area contributed by atoms with E-state index in [2.05, 4.69) is 27.0 Å². The number of aliphatic imine (C=N–C) groups is 1. The molecule has 1 aromatic rings. The molecule has 1 saturated heterocycles. The third-order valence-corrected chi connectivity index (χ3v) is 9.36. The van der Waals surface area contributed by atoms with Crippen LogP contribution in [0.4, 0.5) is 5.13 Å². The molecule has 0 radical (unpaired) electrons. The van der Waals surface area contributed by atoms with Crippen LogP contribution in [-0.2, 0) is 24.0 Å². The highest BCUT2D eigenvalue weighted by molar-refractivity contribution is 8.14. The van der Waals surface area contributed by atoms with E-state index in [1.54, 1.807) is 17.1 Å². The van der Waals surface area contributed by atoms with Crippen molar-refractivity contribution in [3.05, 3.63) is 46.9 Å². The second kappa shape index (κ2) is 12.7. The Labute approximate surface area is 257 Å². The summed E-state index contributed by atoms with van der Waals surface area (Å²) in [6.07, 6.45) is 2.70. The number of carboxylic acids is 2. The van der Waals surface area contributed by atoms with Crippen molar-refractivity contribution in [1.82, 2.24) is 20.1 Å². The van der Waals surface area contributed by atoms with Crippen molar-refractivity contribution in [3.63, 3.8) is 0 Å². The van der Waals surface area contributed by atoms with Crippen LogP contribution in [0.3, 0.4) is 0 Å². The summed E-state index contributed by atoms with van der Waals surface area (Å²) < 4.78 is 0. The number of hydrogen-bond donors (Lipinski definition) is 6. The number of amidine groups is 1. The number of anilines is 1. The standard InChI is InChI=1S/C24H29N9O7S3/c1-4-5-32-13(26)6-12(25)29-23(32)43-8-10-7-41-19-15(18(35)33(19)16(10)20(36)37)30-17(34)14(11-9-42-22(27)28-11)31-40-24(2,3)21(38)39/h4,6,9,13,15,19H,1,5,7-8,25-26H2,2-3H3,(H2,27,28)(H,30,34)(H,36,37)(H,38,39)/b31-14-/t13?,15?,19-/m0/s1. The number of nitrogens with two attached hydrogens (primary N) is 3. The van der Waals surface area contributed by atoms with E-state index < -0.39 is 52.6 Å². The number of nitrogen functional groups attached to an aromatic ring is 1. The van der Waals surface area contributed by atoms with Crippen LogP contribution < -0.4 is 22.5 Å². The van der Waals surface area contributed by atoms with E-state index >= 15 is 0 Å². The SMILES string of the molecule is C=CCN1C(SCC2=C(C(=O)O)N3C(=O)C(NC(=O)/C(=N\OC(C)(C)C(=O)O)c4csc(N)n4)[C@@H]3SC2)=NC(N)=CC1N. The highest BCUT2D eigenvalue weighted by atomic mass is 32.2. The molecule has 1 fully saturated rings. The van der Waals surface area contributed by atoms with Crippen LogP contribution in [-0.4, -0.2) is 101 Å². The van der Waals surface area contributed by atoms with Gasteiger partial charge in [-0.25, -0.2) is 19.6 Å². The predicted octanol–water partition coefficient (Wildman–Crippen LogP) is -0.276. The molecule has 1 aromatic heterocycles. The molecule has 16 nitrogen and oxygen atoms in total. The lowest BCUT2D eigenvalue weighted by molar-refractivity contribution is -0.161. The molecule has 9 N–H and O–H groups in total. The average molecular weight is 652 g/mol. The number of oxime groups is 1. The van der Waals surface area contributed by atoms with Gasteiger partial charge in [0.2, 0.25) is 5.60 Å². The molecule has 0 bridgehead atoms. The number of carbonyl (C=O) groups excluding carboxylic acids is 2. The number of rotatable bonds is 11. The zero-order valence-corrected chi connectivity index (χ0v) is 25.4. The van der Waals surface area contributed by atoms with Crippen molar-refractivity contribution in [2.24, 2.45) is 21.6 Å². The van der Waals surface area contributed by atoms with Crippen molar-refractivity contribution < 1.29 is 34.2 Å². The van der Waals surface area contributed by atoms with E-state index in [0.717, 1.165) is 16.2 Å².